The number of carbonyl (C=O) groups is 1. The molecule has 2 saturated carbocycles. The van der Waals surface area contributed by atoms with Crippen LogP contribution in [-0.4, -0.2) is 50.9 Å². The van der Waals surface area contributed by atoms with E-state index in [9.17, 15) is 4.79 Å². The first-order chi connectivity index (χ1) is 12.3. The monoisotopic (exact) mass is 342 g/mol. The van der Waals surface area contributed by atoms with Crippen LogP contribution in [-0.2, 0) is 17.8 Å². The zero-order valence-corrected chi connectivity index (χ0v) is 15.2. The summed E-state index contributed by atoms with van der Waals surface area (Å²) >= 11 is 0. The molecule has 5 rings (SSSR count). The number of rotatable bonds is 3. The van der Waals surface area contributed by atoms with E-state index in [1.807, 2.05) is 6.33 Å². The summed E-state index contributed by atoms with van der Waals surface area (Å²) in [6.45, 7) is 3.41. The van der Waals surface area contributed by atoms with Gasteiger partial charge in [-0.1, -0.05) is 12.8 Å². The fourth-order valence-electron chi connectivity index (χ4n) is 5.40. The highest BCUT2D eigenvalue weighted by Crippen LogP contribution is 2.38. The van der Waals surface area contributed by atoms with Crippen LogP contribution in [0.15, 0.2) is 6.33 Å². The van der Waals surface area contributed by atoms with Gasteiger partial charge in [-0.2, -0.15) is 0 Å². The molecule has 0 unspecified atom stereocenters. The van der Waals surface area contributed by atoms with Crippen LogP contribution in [0.5, 0.6) is 0 Å². The molecule has 3 fully saturated rings. The lowest BCUT2D eigenvalue weighted by Crippen LogP contribution is -2.52. The second-order valence-corrected chi connectivity index (χ2v) is 8.58. The van der Waals surface area contributed by atoms with Gasteiger partial charge < -0.3 is 9.47 Å². The third-order valence-corrected chi connectivity index (χ3v) is 6.88. The molecule has 4 aliphatic rings. The van der Waals surface area contributed by atoms with Crippen LogP contribution >= 0.6 is 0 Å². The predicted molar refractivity (Wildman–Crippen MR) is 96.2 cm³/mol. The van der Waals surface area contributed by atoms with Gasteiger partial charge in [0.15, 0.2) is 0 Å². The van der Waals surface area contributed by atoms with Crippen molar-refractivity contribution in [2.75, 3.05) is 19.6 Å². The Bertz CT molecular complexity index is 648. The third kappa shape index (κ3) is 3.01. The number of carbonyl (C=O) groups excluding carboxylic acids is 1. The van der Waals surface area contributed by atoms with Crippen molar-refractivity contribution in [3.05, 3.63) is 17.7 Å². The Kier molecular flexibility index (Phi) is 4.07. The summed E-state index contributed by atoms with van der Waals surface area (Å²) in [5.74, 6) is 1.13. The highest BCUT2D eigenvalue weighted by molar-refractivity contribution is 5.78. The van der Waals surface area contributed by atoms with E-state index >= 15 is 0 Å². The topological polar surface area (TPSA) is 41.4 Å². The predicted octanol–water partition coefficient (Wildman–Crippen LogP) is 2.76. The van der Waals surface area contributed by atoms with Gasteiger partial charge >= 0.3 is 0 Å². The molecule has 0 N–H and O–H groups in total. The molecule has 1 aromatic rings. The van der Waals surface area contributed by atoms with Crippen LogP contribution in [0.25, 0.3) is 0 Å². The Balaban J connectivity index is 1.23. The van der Waals surface area contributed by atoms with Crippen LogP contribution in [0.4, 0.5) is 0 Å². The van der Waals surface area contributed by atoms with E-state index in [1.165, 1.54) is 62.8 Å². The molecule has 2 aliphatic carbocycles. The first-order valence-electron chi connectivity index (χ1n) is 10.4. The number of piperidine rings is 1. The molecule has 3 heterocycles. The lowest BCUT2D eigenvalue weighted by atomic mass is 9.78. The summed E-state index contributed by atoms with van der Waals surface area (Å²) in [5.41, 5.74) is 2.64. The zero-order chi connectivity index (χ0) is 16.8. The minimum Gasteiger partial charge on any atom is -0.338 e. The average molecular weight is 342 g/mol. The summed E-state index contributed by atoms with van der Waals surface area (Å²) in [6, 6.07) is 1.24. The van der Waals surface area contributed by atoms with Gasteiger partial charge in [0.05, 0.1) is 18.6 Å². The van der Waals surface area contributed by atoms with E-state index in [0.717, 1.165) is 32.0 Å². The number of aromatic nitrogens is 2. The normalized spacial score (nSPS) is 30.0. The van der Waals surface area contributed by atoms with Crippen molar-refractivity contribution in [1.82, 2.24) is 19.4 Å². The minimum atomic E-state index is 0.363. The smallest absolute Gasteiger partial charge is 0.237 e. The summed E-state index contributed by atoms with van der Waals surface area (Å²) in [4.78, 5) is 22.2. The van der Waals surface area contributed by atoms with Crippen molar-refractivity contribution in [2.45, 2.75) is 76.4 Å². The maximum Gasteiger partial charge on any atom is 0.237 e. The molecule has 1 saturated heterocycles. The van der Waals surface area contributed by atoms with E-state index in [1.54, 1.807) is 0 Å². The molecule has 1 amide bonds. The maximum absolute atomic E-state index is 13.0. The molecule has 0 radical (unpaired) electrons. The Morgan fingerprint density at radius 3 is 2.80 bits per heavy atom. The lowest BCUT2D eigenvalue weighted by molar-refractivity contribution is -0.139. The van der Waals surface area contributed by atoms with Crippen LogP contribution in [0, 0.1) is 5.92 Å². The second-order valence-electron chi connectivity index (χ2n) is 8.58. The quantitative estimate of drug-likeness (QED) is 0.848. The van der Waals surface area contributed by atoms with Crippen LogP contribution in [0.3, 0.4) is 0 Å². The van der Waals surface area contributed by atoms with Crippen molar-refractivity contribution < 1.29 is 4.79 Å². The van der Waals surface area contributed by atoms with Crippen molar-refractivity contribution >= 4 is 5.91 Å². The van der Waals surface area contributed by atoms with Crippen LogP contribution in [0.2, 0.25) is 0 Å². The van der Waals surface area contributed by atoms with E-state index < -0.39 is 0 Å². The molecule has 0 aromatic carbocycles. The first-order valence-corrected chi connectivity index (χ1v) is 10.4. The summed E-state index contributed by atoms with van der Waals surface area (Å²) in [6.07, 6.45) is 13.5. The molecule has 2 atom stereocenters. The molecule has 0 bridgehead atoms. The number of imidazole rings is 1. The van der Waals surface area contributed by atoms with Gasteiger partial charge in [0.25, 0.3) is 0 Å². The number of likely N-dealkylation sites (tertiary alicyclic amines) is 1. The van der Waals surface area contributed by atoms with Crippen molar-refractivity contribution in [3.8, 4) is 0 Å². The first kappa shape index (κ1) is 15.9. The van der Waals surface area contributed by atoms with E-state index in [0.29, 0.717) is 24.5 Å². The number of nitrogens with zero attached hydrogens (tertiary/aromatic N) is 4. The lowest BCUT2D eigenvalue weighted by Gasteiger charge is -2.44. The standard InChI is InChI=1S/C20H30N4O/c25-20(23-10-3-5-15-4-1-2-6-18(15)23)13-22-11-9-19-17(12-22)21-14-24(19)16-7-8-16/h14-16,18H,1-13H2/t15-,18+/m1/s1. The van der Waals surface area contributed by atoms with E-state index in [-0.39, 0.29) is 0 Å². The van der Waals surface area contributed by atoms with Gasteiger partial charge in [0.1, 0.15) is 0 Å². The summed E-state index contributed by atoms with van der Waals surface area (Å²) in [5, 5.41) is 0. The van der Waals surface area contributed by atoms with Gasteiger partial charge in [-0.15, -0.1) is 0 Å². The molecule has 5 heteroatoms. The third-order valence-electron chi connectivity index (χ3n) is 6.88. The maximum atomic E-state index is 13.0. The average Bonchev–Trinajstić information content (AvgIpc) is 3.40. The van der Waals surface area contributed by atoms with Crippen LogP contribution in [0.1, 0.15) is 68.8 Å². The highest BCUT2D eigenvalue weighted by atomic mass is 16.2. The number of hydrogen-bond acceptors (Lipinski definition) is 3. The van der Waals surface area contributed by atoms with Gasteiger partial charge in [0, 0.05) is 43.8 Å². The van der Waals surface area contributed by atoms with Crippen molar-refractivity contribution in [2.24, 2.45) is 5.92 Å². The zero-order valence-electron chi connectivity index (χ0n) is 15.2. The van der Waals surface area contributed by atoms with Crippen molar-refractivity contribution in [1.29, 1.82) is 0 Å². The summed E-state index contributed by atoms with van der Waals surface area (Å²) in [7, 11) is 0. The largest absolute Gasteiger partial charge is 0.338 e. The second kappa shape index (κ2) is 6.42. The molecule has 0 spiro atoms. The van der Waals surface area contributed by atoms with Gasteiger partial charge in [-0.3, -0.25) is 9.69 Å². The number of fused-ring (bicyclic) bond motifs is 2. The molecule has 5 nitrogen and oxygen atoms in total. The minimum absolute atomic E-state index is 0.363. The number of amides is 1. The van der Waals surface area contributed by atoms with Crippen LogP contribution < -0.4 is 0 Å². The van der Waals surface area contributed by atoms with Gasteiger partial charge in [-0.05, 0) is 44.4 Å². The Morgan fingerprint density at radius 2 is 1.92 bits per heavy atom. The van der Waals surface area contributed by atoms with E-state index in [2.05, 4.69) is 19.4 Å². The molecule has 25 heavy (non-hydrogen) atoms. The molecular weight excluding hydrogens is 312 g/mol. The molecular formula is C20H30N4O. The Labute approximate surface area is 150 Å². The van der Waals surface area contributed by atoms with Crippen molar-refractivity contribution in [3.63, 3.8) is 0 Å². The van der Waals surface area contributed by atoms with Gasteiger partial charge in [-0.25, -0.2) is 4.98 Å². The highest BCUT2D eigenvalue weighted by Gasteiger charge is 2.36. The fourth-order valence-corrected chi connectivity index (χ4v) is 5.40. The summed E-state index contributed by atoms with van der Waals surface area (Å²) < 4.78 is 2.39. The Hall–Kier alpha value is -1.36. The molecule has 136 valence electrons. The Morgan fingerprint density at radius 1 is 1.08 bits per heavy atom. The van der Waals surface area contributed by atoms with E-state index in [4.69, 9.17) is 0 Å². The number of hydrogen-bond donors (Lipinski definition) is 0. The fraction of sp³-hybridized carbons (Fsp3) is 0.800. The molecule has 2 aliphatic heterocycles. The SMILES string of the molecule is O=C(CN1CCc2c(ncn2C2CC2)C1)N1CCC[C@H]2CCCC[C@@H]21. The van der Waals surface area contributed by atoms with Gasteiger partial charge in [0.2, 0.25) is 5.91 Å². The molecule has 1 aromatic heterocycles.